The molecular formula is C36H36O18. The average molecular weight is 757 g/mol. The van der Waals surface area contributed by atoms with Crippen LogP contribution in [-0.4, -0.2) is 132 Å². The Morgan fingerprint density at radius 2 is 1.39 bits per heavy atom. The molecule has 288 valence electrons. The van der Waals surface area contributed by atoms with Gasteiger partial charge in [-0.05, 0) is 48.0 Å². The normalized spacial score (nSPS) is 28.6. The number of fused-ring (bicyclic) bond motifs is 1. The SMILES string of the molecule is O=C(/C=C/c1ccc(O)cc1)OC[C@H]1O[C@@H](O[C@@H]2[C@@H](O)[C@H](Oc3c(-c4ccc(O)cc4)oc4cc(O)cc(O)c4c3=O)O[C@H](CO)[C@H]2O)[C@H](O)[C@@H](O)[C@@H]1O. The fourth-order valence-electron chi connectivity index (χ4n) is 5.89. The van der Waals surface area contributed by atoms with Gasteiger partial charge in [0, 0.05) is 23.8 Å². The van der Waals surface area contributed by atoms with Gasteiger partial charge in [-0.1, -0.05) is 12.1 Å². The Balaban J connectivity index is 1.24. The lowest BCUT2D eigenvalue weighted by Crippen LogP contribution is -2.65. The highest BCUT2D eigenvalue weighted by atomic mass is 16.7. The van der Waals surface area contributed by atoms with Gasteiger partial charge in [-0.3, -0.25) is 4.79 Å². The smallest absolute Gasteiger partial charge is 0.330 e. The third-order valence-electron chi connectivity index (χ3n) is 8.76. The molecule has 1 aromatic heterocycles. The zero-order valence-corrected chi connectivity index (χ0v) is 27.9. The quantitative estimate of drug-likeness (QED) is 0.0724. The number of rotatable bonds is 10. The molecule has 0 bridgehead atoms. The van der Waals surface area contributed by atoms with Gasteiger partial charge in [0.1, 0.15) is 89.4 Å². The maximum Gasteiger partial charge on any atom is 0.330 e. The fraction of sp³-hybridized carbons (Fsp3) is 0.333. The minimum atomic E-state index is -2.06. The summed E-state index contributed by atoms with van der Waals surface area (Å²) in [5, 5.41) is 104. The lowest BCUT2D eigenvalue weighted by atomic mass is 9.97. The maximum atomic E-state index is 13.8. The van der Waals surface area contributed by atoms with Crippen LogP contribution in [0.1, 0.15) is 5.56 Å². The number of aromatic hydroxyl groups is 4. The summed E-state index contributed by atoms with van der Waals surface area (Å²) >= 11 is 0. The lowest BCUT2D eigenvalue weighted by molar-refractivity contribution is -0.353. The van der Waals surface area contributed by atoms with Crippen LogP contribution in [0.3, 0.4) is 0 Å². The van der Waals surface area contributed by atoms with Gasteiger partial charge in [0.05, 0.1) is 6.61 Å². The Hall–Kier alpha value is -5.28. The first kappa shape index (κ1) is 38.4. The number of hydrogen-bond donors (Lipinski definition) is 10. The van der Waals surface area contributed by atoms with Crippen molar-refractivity contribution in [2.75, 3.05) is 13.2 Å². The summed E-state index contributed by atoms with van der Waals surface area (Å²) in [4.78, 5) is 26.2. The summed E-state index contributed by atoms with van der Waals surface area (Å²) < 4.78 is 33.7. The van der Waals surface area contributed by atoms with Crippen LogP contribution in [0, 0.1) is 0 Å². The molecule has 2 saturated heterocycles. The monoisotopic (exact) mass is 756 g/mol. The van der Waals surface area contributed by atoms with Crippen LogP contribution in [0.4, 0.5) is 0 Å². The highest BCUT2D eigenvalue weighted by Crippen LogP contribution is 2.38. The summed E-state index contributed by atoms with van der Waals surface area (Å²) in [7, 11) is 0. The van der Waals surface area contributed by atoms with Gasteiger partial charge in [0.15, 0.2) is 12.1 Å². The topological polar surface area (TPSA) is 296 Å². The number of ether oxygens (including phenoxy) is 5. The molecule has 18 nitrogen and oxygen atoms in total. The first-order chi connectivity index (χ1) is 25.7. The van der Waals surface area contributed by atoms with Crippen molar-refractivity contribution in [2.45, 2.75) is 61.4 Å². The number of aliphatic hydroxyl groups excluding tert-OH is 6. The van der Waals surface area contributed by atoms with E-state index in [9.17, 15) is 60.7 Å². The predicted molar refractivity (Wildman–Crippen MR) is 181 cm³/mol. The van der Waals surface area contributed by atoms with E-state index in [1.54, 1.807) is 0 Å². The van der Waals surface area contributed by atoms with Crippen LogP contribution in [0.15, 0.2) is 76.0 Å². The zero-order valence-electron chi connectivity index (χ0n) is 27.9. The molecule has 3 aromatic carbocycles. The molecule has 10 N–H and O–H groups in total. The van der Waals surface area contributed by atoms with E-state index in [1.165, 1.54) is 54.6 Å². The van der Waals surface area contributed by atoms with Gasteiger partial charge in [0.25, 0.3) is 0 Å². The number of aliphatic hydroxyl groups is 6. The number of phenolic OH excluding ortho intramolecular Hbond substituents is 4. The summed E-state index contributed by atoms with van der Waals surface area (Å²) in [5.41, 5.74) is -0.564. The van der Waals surface area contributed by atoms with E-state index in [-0.39, 0.29) is 28.4 Å². The molecule has 0 amide bonds. The van der Waals surface area contributed by atoms with Crippen molar-refractivity contribution in [2.24, 2.45) is 0 Å². The Labute approximate surface area is 304 Å². The molecule has 3 heterocycles. The summed E-state index contributed by atoms with van der Waals surface area (Å²) in [6.07, 6.45) is -16.0. The Morgan fingerprint density at radius 3 is 2.06 bits per heavy atom. The predicted octanol–water partition coefficient (Wildman–Crippen LogP) is -0.450. The van der Waals surface area contributed by atoms with Gasteiger partial charge < -0.3 is 79.2 Å². The van der Waals surface area contributed by atoms with E-state index < -0.39 is 109 Å². The van der Waals surface area contributed by atoms with E-state index in [1.807, 2.05) is 0 Å². The molecule has 0 unspecified atom stereocenters. The van der Waals surface area contributed by atoms with E-state index in [0.717, 1.165) is 18.2 Å². The third kappa shape index (κ3) is 7.97. The van der Waals surface area contributed by atoms with Crippen LogP contribution in [0.2, 0.25) is 0 Å². The first-order valence-electron chi connectivity index (χ1n) is 16.4. The third-order valence-corrected chi connectivity index (χ3v) is 8.76. The molecular weight excluding hydrogens is 720 g/mol. The zero-order chi connectivity index (χ0) is 38.8. The molecule has 0 aliphatic carbocycles. The molecule has 0 radical (unpaired) electrons. The van der Waals surface area contributed by atoms with Crippen molar-refractivity contribution in [3.63, 3.8) is 0 Å². The summed E-state index contributed by atoms with van der Waals surface area (Å²) in [6, 6.07) is 13.0. The molecule has 54 heavy (non-hydrogen) atoms. The van der Waals surface area contributed by atoms with Gasteiger partial charge in [0.2, 0.25) is 17.5 Å². The van der Waals surface area contributed by atoms with Crippen LogP contribution in [0.5, 0.6) is 28.7 Å². The van der Waals surface area contributed by atoms with E-state index in [4.69, 9.17) is 28.1 Å². The Bertz CT molecular complexity index is 2030. The Kier molecular flexibility index (Phi) is 11.4. The van der Waals surface area contributed by atoms with Crippen LogP contribution >= 0.6 is 0 Å². The lowest BCUT2D eigenvalue weighted by Gasteiger charge is -2.45. The van der Waals surface area contributed by atoms with E-state index >= 15 is 0 Å². The largest absolute Gasteiger partial charge is 0.508 e. The maximum absolute atomic E-state index is 13.8. The summed E-state index contributed by atoms with van der Waals surface area (Å²) in [5.74, 6) is -3.09. The average Bonchev–Trinajstić information content (AvgIpc) is 3.14. The van der Waals surface area contributed by atoms with Crippen molar-refractivity contribution < 1.29 is 84.0 Å². The number of phenols is 4. The van der Waals surface area contributed by atoms with Gasteiger partial charge >= 0.3 is 5.97 Å². The second-order valence-corrected chi connectivity index (χ2v) is 12.5. The highest BCUT2D eigenvalue weighted by Gasteiger charge is 2.52. The fourth-order valence-corrected chi connectivity index (χ4v) is 5.89. The van der Waals surface area contributed by atoms with Crippen molar-refractivity contribution in [1.82, 2.24) is 0 Å². The van der Waals surface area contributed by atoms with Crippen molar-refractivity contribution in [1.29, 1.82) is 0 Å². The molecule has 4 aromatic rings. The van der Waals surface area contributed by atoms with Gasteiger partial charge in [-0.25, -0.2) is 4.79 Å². The van der Waals surface area contributed by atoms with Crippen molar-refractivity contribution in [3.8, 4) is 40.1 Å². The molecule has 2 aliphatic rings. The minimum absolute atomic E-state index is 0.0207. The molecule has 0 spiro atoms. The van der Waals surface area contributed by atoms with Crippen molar-refractivity contribution in [3.05, 3.63) is 82.5 Å². The van der Waals surface area contributed by atoms with Crippen LogP contribution in [0.25, 0.3) is 28.4 Å². The molecule has 0 saturated carbocycles. The second-order valence-electron chi connectivity index (χ2n) is 12.5. The number of hydrogen-bond acceptors (Lipinski definition) is 18. The van der Waals surface area contributed by atoms with Crippen LogP contribution < -0.4 is 10.2 Å². The van der Waals surface area contributed by atoms with Crippen LogP contribution in [-0.2, 0) is 23.7 Å². The number of carbonyl (C=O) groups is 1. The van der Waals surface area contributed by atoms with Crippen molar-refractivity contribution >= 4 is 23.0 Å². The summed E-state index contributed by atoms with van der Waals surface area (Å²) in [6.45, 7) is -1.55. The molecule has 10 atom stereocenters. The number of benzene rings is 3. The minimum Gasteiger partial charge on any atom is -0.508 e. The standard InChI is InChI=1S/C36H36O18/c37-13-22-27(44)33(53-35-30(47)29(46)26(43)23(52-35)14-49-24(42)10-3-15-1-6-17(38)7-2-15)31(48)36(51-22)54-34-28(45)25-20(41)11-19(40)12-21(25)50-32(34)16-4-8-18(39)9-5-16/h1-12,22-23,26-27,29-31,33,35-41,43-44,46-48H,13-14H2/b10-3+/t22-,23-,26-,27-,29+,30-,31-,33+,35+,36+/m1/s1. The van der Waals surface area contributed by atoms with E-state index in [2.05, 4.69) is 0 Å². The number of carbonyl (C=O) groups excluding carboxylic acids is 1. The molecule has 2 aliphatic heterocycles. The van der Waals surface area contributed by atoms with Gasteiger partial charge in [-0.2, -0.15) is 0 Å². The molecule has 18 heteroatoms. The van der Waals surface area contributed by atoms with Gasteiger partial charge in [-0.15, -0.1) is 0 Å². The highest BCUT2D eigenvalue weighted by molar-refractivity contribution is 5.88. The number of esters is 1. The second kappa shape index (κ2) is 16.0. The van der Waals surface area contributed by atoms with E-state index in [0.29, 0.717) is 5.56 Å². The first-order valence-corrected chi connectivity index (χ1v) is 16.4. The molecule has 2 fully saturated rings. The Morgan fingerprint density at radius 1 is 0.741 bits per heavy atom. The molecule has 6 rings (SSSR count).